The van der Waals surface area contributed by atoms with Crippen LogP contribution in [-0.2, 0) is 20.4 Å². The van der Waals surface area contributed by atoms with Crippen LogP contribution in [0.15, 0.2) is 78.9 Å². The number of aryl methyl sites for hydroxylation is 1. The lowest BCUT2D eigenvalue weighted by Crippen LogP contribution is -2.32. The van der Waals surface area contributed by atoms with E-state index in [4.69, 9.17) is 14.6 Å². The van der Waals surface area contributed by atoms with Gasteiger partial charge < -0.3 is 14.6 Å². The summed E-state index contributed by atoms with van der Waals surface area (Å²) in [7, 11) is 1.46. The summed E-state index contributed by atoms with van der Waals surface area (Å²) in [5, 5.41) is 9.00. The summed E-state index contributed by atoms with van der Waals surface area (Å²) in [6.45, 7) is 2.25. The van der Waals surface area contributed by atoms with E-state index in [1.807, 2.05) is 73.7 Å². The van der Waals surface area contributed by atoms with Crippen LogP contribution in [0.4, 0.5) is 0 Å². The van der Waals surface area contributed by atoms with Crippen LogP contribution >= 0.6 is 0 Å². The molecule has 0 amide bonds. The minimum Gasteiger partial charge on any atom is -0.491 e. The topological polar surface area (TPSA) is 55.8 Å². The first kappa shape index (κ1) is 20.2. The third-order valence-corrected chi connectivity index (χ3v) is 6.19. The quantitative estimate of drug-likeness (QED) is 0.603. The lowest BCUT2D eigenvalue weighted by atomic mass is 9.77. The lowest BCUT2D eigenvalue weighted by Gasteiger charge is -2.26. The number of aliphatic hydroxyl groups excluding tert-OH is 1. The van der Waals surface area contributed by atoms with Crippen molar-refractivity contribution in [2.45, 2.75) is 24.2 Å². The Morgan fingerprint density at radius 1 is 0.900 bits per heavy atom. The van der Waals surface area contributed by atoms with Gasteiger partial charge >= 0.3 is 5.97 Å². The van der Waals surface area contributed by atoms with Gasteiger partial charge in [0.05, 0.1) is 13.7 Å². The second-order valence-corrected chi connectivity index (χ2v) is 7.81. The molecule has 154 valence electrons. The lowest BCUT2D eigenvalue weighted by molar-refractivity contribution is -0.144. The van der Waals surface area contributed by atoms with Gasteiger partial charge in [-0.1, -0.05) is 72.3 Å². The average Bonchev–Trinajstić information content (AvgIpc) is 3.51. The van der Waals surface area contributed by atoms with Crippen molar-refractivity contribution in [2.24, 2.45) is 0 Å². The molecule has 1 fully saturated rings. The van der Waals surface area contributed by atoms with Gasteiger partial charge in [-0.3, -0.25) is 4.79 Å². The first-order valence-corrected chi connectivity index (χ1v) is 10.1. The van der Waals surface area contributed by atoms with Gasteiger partial charge in [-0.25, -0.2) is 0 Å². The molecule has 0 saturated heterocycles. The molecule has 4 heteroatoms. The summed E-state index contributed by atoms with van der Waals surface area (Å²) in [5.74, 6) is 0.464. The van der Waals surface area contributed by atoms with Crippen molar-refractivity contribution in [1.29, 1.82) is 0 Å². The van der Waals surface area contributed by atoms with Gasteiger partial charge in [0, 0.05) is 5.41 Å². The van der Waals surface area contributed by atoms with E-state index in [0.29, 0.717) is 12.2 Å². The fraction of sp³-hybridized carbons (Fsp3) is 0.269. The molecule has 0 radical (unpaired) electrons. The van der Waals surface area contributed by atoms with Crippen molar-refractivity contribution in [1.82, 2.24) is 0 Å². The van der Waals surface area contributed by atoms with Gasteiger partial charge in [-0.15, -0.1) is 0 Å². The first-order chi connectivity index (χ1) is 14.6. The Hall–Kier alpha value is -3.11. The molecule has 3 aromatic carbocycles. The number of aliphatic hydroxyl groups is 1. The summed E-state index contributed by atoms with van der Waals surface area (Å²) in [4.78, 5) is 13.3. The molecule has 0 heterocycles. The van der Waals surface area contributed by atoms with Crippen LogP contribution in [-0.4, -0.2) is 31.4 Å². The maximum atomic E-state index is 13.3. The molecule has 0 spiro atoms. The van der Waals surface area contributed by atoms with E-state index < -0.39 is 10.8 Å². The van der Waals surface area contributed by atoms with E-state index in [-0.39, 0.29) is 19.2 Å². The second kappa shape index (κ2) is 7.96. The fourth-order valence-electron chi connectivity index (χ4n) is 4.66. The van der Waals surface area contributed by atoms with Crippen LogP contribution in [0.5, 0.6) is 5.75 Å². The summed E-state index contributed by atoms with van der Waals surface area (Å²) in [6, 6.07) is 26.1. The maximum absolute atomic E-state index is 13.3. The number of hydrogen-bond acceptors (Lipinski definition) is 4. The Kier molecular flexibility index (Phi) is 5.35. The van der Waals surface area contributed by atoms with Crippen LogP contribution in [0.1, 0.15) is 28.7 Å². The van der Waals surface area contributed by atoms with Gasteiger partial charge in [0.25, 0.3) is 0 Å². The van der Waals surface area contributed by atoms with Crippen LogP contribution in [0.3, 0.4) is 0 Å². The third-order valence-electron chi connectivity index (χ3n) is 6.19. The van der Waals surface area contributed by atoms with E-state index in [1.54, 1.807) is 0 Å². The zero-order chi connectivity index (χ0) is 21.2. The second-order valence-electron chi connectivity index (χ2n) is 7.81. The van der Waals surface area contributed by atoms with Gasteiger partial charge in [0.2, 0.25) is 0 Å². The van der Waals surface area contributed by atoms with E-state index in [0.717, 1.165) is 22.3 Å². The van der Waals surface area contributed by atoms with Crippen molar-refractivity contribution in [3.05, 3.63) is 101 Å². The zero-order valence-corrected chi connectivity index (χ0v) is 17.3. The number of ether oxygens (including phenoxy) is 2. The number of carbonyl (C=O) groups excluding carboxylic acids is 1. The van der Waals surface area contributed by atoms with Crippen LogP contribution < -0.4 is 4.74 Å². The third kappa shape index (κ3) is 3.08. The first-order valence-electron chi connectivity index (χ1n) is 10.1. The predicted molar refractivity (Wildman–Crippen MR) is 116 cm³/mol. The number of methoxy groups -OCH3 is 1. The van der Waals surface area contributed by atoms with Crippen molar-refractivity contribution in [2.75, 3.05) is 20.3 Å². The zero-order valence-electron chi connectivity index (χ0n) is 17.3. The monoisotopic (exact) mass is 402 g/mol. The molecule has 1 aliphatic carbocycles. The molecular weight excluding hydrogens is 376 g/mol. The molecule has 4 rings (SSSR count). The summed E-state index contributed by atoms with van der Waals surface area (Å²) < 4.78 is 10.9. The number of hydrogen-bond donors (Lipinski definition) is 1. The smallest absolute Gasteiger partial charge is 0.317 e. The SMILES string of the molecule is COC(=O)[C@@]1(c2ccc(C)cc2)C[C@@]1(c1ccccc1)c1ccc(OCCO)cc1. The minimum atomic E-state index is -0.787. The molecule has 0 aliphatic heterocycles. The summed E-state index contributed by atoms with van der Waals surface area (Å²) in [6.07, 6.45) is 0.636. The highest BCUT2D eigenvalue weighted by Gasteiger charge is 2.74. The molecule has 0 aromatic heterocycles. The summed E-state index contributed by atoms with van der Waals surface area (Å²) in [5.41, 5.74) is 2.92. The molecule has 1 N–H and O–H groups in total. The van der Waals surface area contributed by atoms with E-state index in [9.17, 15) is 4.79 Å². The number of rotatable bonds is 7. The number of benzene rings is 3. The van der Waals surface area contributed by atoms with E-state index in [1.165, 1.54) is 7.11 Å². The Morgan fingerprint density at radius 2 is 1.50 bits per heavy atom. The fourth-order valence-corrected chi connectivity index (χ4v) is 4.66. The Labute approximate surface area is 177 Å². The maximum Gasteiger partial charge on any atom is 0.317 e. The highest BCUT2D eigenvalue weighted by Crippen LogP contribution is 2.69. The minimum absolute atomic E-state index is 0.0332. The molecular formula is C26H26O4. The van der Waals surface area contributed by atoms with Crippen LogP contribution in [0, 0.1) is 6.92 Å². The molecule has 2 atom stereocenters. The molecule has 0 unspecified atom stereocenters. The molecule has 4 nitrogen and oxygen atoms in total. The normalized spacial score (nSPS) is 22.4. The Morgan fingerprint density at radius 3 is 2.10 bits per heavy atom. The summed E-state index contributed by atoms with van der Waals surface area (Å²) >= 11 is 0. The predicted octanol–water partition coefficient (Wildman–Crippen LogP) is 4.17. The van der Waals surface area contributed by atoms with E-state index in [2.05, 4.69) is 12.1 Å². The van der Waals surface area contributed by atoms with Crippen LogP contribution in [0.25, 0.3) is 0 Å². The van der Waals surface area contributed by atoms with Crippen LogP contribution in [0.2, 0.25) is 0 Å². The number of carbonyl (C=O) groups is 1. The number of esters is 1. The highest BCUT2D eigenvalue weighted by molar-refractivity contribution is 5.93. The Bertz CT molecular complexity index is 1010. The largest absolute Gasteiger partial charge is 0.491 e. The standard InChI is InChI=1S/C26H26O4/c1-19-8-10-22(11-9-19)26(24(28)29-2)18-25(26,20-6-4-3-5-7-20)21-12-14-23(15-13-21)30-17-16-27/h3-15,27H,16-18H2,1-2H3/t25-,26+/m1/s1. The van der Waals surface area contributed by atoms with E-state index >= 15 is 0 Å². The van der Waals surface area contributed by atoms with Crippen molar-refractivity contribution in [3.63, 3.8) is 0 Å². The van der Waals surface area contributed by atoms with Crippen molar-refractivity contribution < 1.29 is 19.4 Å². The Balaban J connectivity index is 1.87. The molecule has 0 bridgehead atoms. The van der Waals surface area contributed by atoms with Gasteiger partial charge in [-0.2, -0.15) is 0 Å². The highest BCUT2D eigenvalue weighted by atomic mass is 16.5. The average molecular weight is 402 g/mol. The van der Waals surface area contributed by atoms with Crippen molar-refractivity contribution in [3.8, 4) is 5.75 Å². The van der Waals surface area contributed by atoms with Gasteiger partial charge in [0.1, 0.15) is 17.8 Å². The molecule has 30 heavy (non-hydrogen) atoms. The molecule has 1 saturated carbocycles. The van der Waals surface area contributed by atoms with Gasteiger partial charge in [0.15, 0.2) is 0 Å². The molecule has 3 aromatic rings. The molecule has 1 aliphatic rings. The van der Waals surface area contributed by atoms with Crippen molar-refractivity contribution >= 4 is 5.97 Å². The van der Waals surface area contributed by atoms with Gasteiger partial charge in [-0.05, 0) is 42.2 Å².